The van der Waals surface area contributed by atoms with Crippen LogP contribution in [0.2, 0.25) is 0 Å². The quantitative estimate of drug-likeness (QED) is 0.592. The minimum atomic E-state index is -0.223. The lowest BCUT2D eigenvalue weighted by Gasteiger charge is -2.13. The molecule has 0 aliphatic carbocycles. The number of benzene rings is 2. The lowest BCUT2D eigenvalue weighted by atomic mass is 10.0. The van der Waals surface area contributed by atoms with Crippen LogP contribution in [0.3, 0.4) is 0 Å². The number of carbonyl (C=O) groups is 1. The predicted molar refractivity (Wildman–Crippen MR) is 116 cm³/mol. The third-order valence-electron chi connectivity index (χ3n) is 4.62. The number of ether oxygens (including phenoxy) is 1. The number of aromatic nitrogens is 2. The van der Waals surface area contributed by atoms with Crippen LogP contribution in [-0.2, 0) is 6.42 Å². The highest BCUT2D eigenvalue weighted by molar-refractivity contribution is 6.04. The molecule has 6 nitrogen and oxygen atoms in total. The zero-order chi connectivity index (χ0) is 20.6. The zero-order valence-corrected chi connectivity index (χ0v) is 17.0. The van der Waals surface area contributed by atoms with Gasteiger partial charge in [0.15, 0.2) is 0 Å². The summed E-state index contributed by atoms with van der Waals surface area (Å²) in [6, 6.07) is 15.7. The molecule has 150 valence electrons. The second kappa shape index (κ2) is 9.68. The van der Waals surface area contributed by atoms with E-state index in [1.165, 1.54) is 12.4 Å². The number of carbonyl (C=O) groups excluding carboxylic acids is 1. The van der Waals surface area contributed by atoms with Gasteiger partial charge in [-0.05, 0) is 35.6 Å². The molecule has 29 heavy (non-hydrogen) atoms. The first kappa shape index (κ1) is 20.3. The fourth-order valence-electron chi connectivity index (χ4n) is 3.06. The maximum absolute atomic E-state index is 12.5. The van der Waals surface area contributed by atoms with Crippen LogP contribution in [0.25, 0.3) is 0 Å². The third kappa shape index (κ3) is 5.31. The van der Waals surface area contributed by atoms with Crippen LogP contribution in [-0.4, -0.2) is 29.5 Å². The van der Waals surface area contributed by atoms with Gasteiger partial charge in [0, 0.05) is 24.6 Å². The highest BCUT2D eigenvalue weighted by Crippen LogP contribution is 2.24. The lowest BCUT2D eigenvalue weighted by molar-refractivity contribution is 0.102. The molecule has 0 atom stereocenters. The van der Waals surface area contributed by atoms with Crippen molar-refractivity contribution in [1.82, 2.24) is 9.97 Å². The van der Waals surface area contributed by atoms with Crippen LogP contribution in [0.1, 0.15) is 41.3 Å². The van der Waals surface area contributed by atoms with E-state index in [1.807, 2.05) is 48.5 Å². The topological polar surface area (TPSA) is 76.1 Å². The molecule has 0 aliphatic rings. The Hall–Kier alpha value is -3.41. The summed E-state index contributed by atoms with van der Waals surface area (Å²) < 4.78 is 5.36. The zero-order valence-electron chi connectivity index (χ0n) is 17.0. The predicted octanol–water partition coefficient (Wildman–Crippen LogP) is 4.52. The molecule has 0 unspecified atom stereocenters. The SMILES string of the molecule is COc1ccccc1CCNc1ncc(C(=O)Nc2ccccc2C(C)C)cn1. The van der Waals surface area contributed by atoms with E-state index < -0.39 is 0 Å². The summed E-state index contributed by atoms with van der Waals surface area (Å²) in [4.78, 5) is 21.1. The summed E-state index contributed by atoms with van der Waals surface area (Å²) in [5.74, 6) is 1.44. The van der Waals surface area contributed by atoms with Crippen molar-refractivity contribution in [3.63, 3.8) is 0 Å². The summed E-state index contributed by atoms with van der Waals surface area (Å²) >= 11 is 0. The van der Waals surface area contributed by atoms with E-state index in [2.05, 4.69) is 34.4 Å². The molecule has 2 aromatic carbocycles. The van der Waals surface area contributed by atoms with E-state index in [9.17, 15) is 4.79 Å². The molecule has 6 heteroatoms. The van der Waals surface area contributed by atoms with Gasteiger partial charge >= 0.3 is 0 Å². The van der Waals surface area contributed by atoms with Gasteiger partial charge in [-0.15, -0.1) is 0 Å². The lowest BCUT2D eigenvalue weighted by Crippen LogP contribution is -2.15. The van der Waals surface area contributed by atoms with Gasteiger partial charge in [0.1, 0.15) is 5.75 Å². The van der Waals surface area contributed by atoms with E-state index in [0.717, 1.165) is 29.0 Å². The van der Waals surface area contributed by atoms with Gasteiger partial charge in [-0.1, -0.05) is 50.2 Å². The first-order chi connectivity index (χ1) is 14.1. The van der Waals surface area contributed by atoms with Crippen molar-refractivity contribution in [3.8, 4) is 5.75 Å². The minimum Gasteiger partial charge on any atom is -0.496 e. The average Bonchev–Trinajstić information content (AvgIpc) is 2.74. The molecule has 0 saturated heterocycles. The number of methoxy groups -OCH3 is 1. The van der Waals surface area contributed by atoms with Gasteiger partial charge in [0.25, 0.3) is 5.91 Å². The summed E-state index contributed by atoms with van der Waals surface area (Å²) in [7, 11) is 1.67. The number of rotatable bonds is 8. The molecule has 0 spiro atoms. The van der Waals surface area contributed by atoms with Crippen LogP contribution < -0.4 is 15.4 Å². The number of amides is 1. The molecule has 0 bridgehead atoms. The molecule has 2 N–H and O–H groups in total. The van der Waals surface area contributed by atoms with E-state index in [1.54, 1.807) is 7.11 Å². The Bertz CT molecular complexity index is 955. The second-order valence-electron chi connectivity index (χ2n) is 6.98. The van der Waals surface area contributed by atoms with Crippen molar-refractivity contribution in [2.75, 3.05) is 24.3 Å². The normalized spacial score (nSPS) is 10.6. The van der Waals surface area contributed by atoms with Crippen LogP contribution in [0.15, 0.2) is 60.9 Å². The number of nitrogens with zero attached hydrogens (tertiary/aromatic N) is 2. The summed E-state index contributed by atoms with van der Waals surface area (Å²) in [6.07, 6.45) is 3.85. The van der Waals surface area contributed by atoms with Gasteiger partial charge in [-0.25, -0.2) is 9.97 Å². The van der Waals surface area contributed by atoms with Crippen LogP contribution in [0.4, 0.5) is 11.6 Å². The Balaban J connectivity index is 1.58. The van der Waals surface area contributed by atoms with Crippen molar-refractivity contribution >= 4 is 17.5 Å². The van der Waals surface area contributed by atoms with Gasteiger partial charge in [0.2, 0.25) is 5.95 Å². The van der Waals surface area contributed by atoms with Crippen molar-refractivity contribution in [2.45, 2.75) is 26.2 Å². The summed E-state index contributed by atoms with van der Waals surface area (Å²) in [6.45, 7) is 4.85. The van der Waals surface area contributed by atoms with E-state index in [0.29, 0.717) is 24.0 Å². The summed E-state index contributed by atoms with van der Waals surface area (Å²) in [5.41, 5.74) is 3.43. The highest BCUT2D eigenvalue weighted by atomic mass is 16.5. The molecular formula is C23H26N4O2. The summed E-state index contributed by atoms with van der Waals surface area (Å²) in [5, 5.41) is 6.13. The van der Waals surface area contributed by atoms with E-state index in [4.69, 9.17) is 4.74 Å². The first-order valence-electron chi connectivity index (χ1n) is 9.66. The van der Waals surface area contributed by atoms with Crippen LogP contribution >= 0.6 is 0 Å². The molecule has 0 saturated carbocycles. The largest absolute Gasteiger partial charge is 0.496 e. The van der Waals surface area contributed by atoms with Gasteiger partial charge in [0.05, 0.1) is 12.7 Å². The molecule has 3 rings (SSSR count). The minimum absolute atomic E-state index is 0.223. The number of hydrogen-bond donors (Lipinski definition) is 2. The van der Waals surface area contributed by atoms with Crippen molar-refractivity contribution < 1.29 is 9.53 Å². The van der Waals surface area contributed by atoms with Crippen molar-refractivity contribution in [3.05, 3.63) is 77.6 Å². The molecule has 0 aliphatic heterocycles. The average molecular weight is 390 g/mol. The Morgan fingerprint density at radius 2 is 1.72 bits per heavy atom. The third-order valence-corrected chi connectivity index (χ3v) is 4.62. The first-order valence-corrected chi connectivity index (χ1v) is 9.66. The van der Waals surface area contributed by atoms with E-state index >= 15 is 0 Å². The Kier molecular flexibility index (Phi) is 6.79. The maximum atomic E-state index is 12.5. The fraction of sp³-hybridized carbons (Fsp3) is 0.261. The number of nitrogens with one attached hydrogen (secondary N) is 2. The standard InChI is InChI=1S/C23H26N4O2/c1-16(2)19-9-5-6-10-20(19)27-22(28)18-14-25-23(26-15-18)24-13-12-17-8-4-7-11-21(17)29-3/h4-11,14-16H,12-13H2,1-3H3,(H,27,28)(H,24,25,26). The molecule has 0 fully saturated rings. The molecule has 1 heterocycles. The fourth-order valence-corrected chi connectivity index (χ4v) is 3.06. The second-order valence-corrected chi connectivity index (χ2v) is 6.98. The smallest absolute Gasteiger partial charge is 0.258 e. The van der Waals surface area contributed by atoms with Crippen molar-refractivity contribution in [1.29, 1.82) is 0 Å². The number of anilines is 2. The van der Waals surface area contributed by atoms with Crippen LogP contribution in [0, 0.1) is 0 Å². The monoisotopic (exact) mass is 390 g/mol. The van der Waals surface area contributed by atoms with Crippen molar-refractivity contribution in [2.24, 2.45) is 0 Å². The van der Waals surface area contributed by atoms with Gasteiger partial charge in [-0.2, -0.15) is 0 Å². The Morgan fingerprint density at radius 3 is 2.45 bits per heavy atom. The highest BCUT2D eigenvalue weighted by Gasteiger charge is 2.12. The number of para-hydroxylation sites is 2. The molecule has 3 aromatic rings. The van der Waals surface area contributed by atoms with Crippen LogP contribution in [0.5, 0.6) is 5.75 Å². The Morgan fingerprint density at radius 1 is 1.03 bits per heavy atom. The Labute approximate surface area is 171 Å². The molecule has 0 radical (unpaired) electrons. The molecule has 1 aromatic heterocycles. The molecule has 1 amide bonds. The van der Waals surface area contributed by atoms with E-state index in [-0.39, 0.29) is 5.91 Å². The number of hydrogen-bond acceptors (Lipinski definition) is 5. The van der Waals surface area contributed by atoms with Gasteiger partial charge in [-0.3, -0.25) is 4.79 Å². The molecular weight excluding hydrogens is 364 g/mol. The van der Waals surface area contributed by atoms with Gasteiger partial charge < -0.3 is 15.4 Å². The maximum Gasteiger partial charge on any atom is 0.258 e.